The fourth-order valence-corrected chi connectivity index (χ4v) is 2.91. The van der Waals surface area contributed by atoms with Gasteiger partial charge in [0.15, 0.2) is 0 Å². The lowest BCUT2D eigenvalue weighted by Crippen LogP contribution is -2.54. The monoisotopic (exact) mass is 286 g/mol. The van der Waals surface area contributed by atoms with Crippen LogP contribution in [0.4, 0.5) is 0 Å². The van der Waals surface area contributed by atoms with Crippen LogP contribution in [0.25, 0.3) is 0 Å². The first-order chi connectivity index (χ1) is 10.1. The molecule has 0 spiro atoms. The van der Waals surface area contributed by atoms with Gasteiger partial charge >= 0.3 is 0 Å². The summed E-state index contributed by atoms with van der Waals surface area (Å²) in [7, 11) is 0. The minimum atomic E-state index is -0.386. The van der Waals surface area contributed by atoms with Crippen molar-refractivity contribution in [2.45, 2.75) is 44.7 Å². The third kappa shape index (κ3) is 4.83. The predicted molar refractivity (Wildman–Crippen MR) is 93.3 cm³/mol. The van der Waals surface area contributed by atoms with Gasteiger partial charge in [0.1, 0.15) is 0 Å². The Morgan fingerprint density at radius 2 is 1.76 bits per heavy atom. The standard InChI is InChI=1S/C19H30N2/c1-5-8-14-18(21(15-6-2)16-7-3)19(4,20)17-12-10-9-11-13-17/h6-7,9-13,18H,2-3,5,8,14-16,20H2,1,4H3. The smallest absolute Gasteiger partial charge is 0.0538 e. The highest BCUT2D eigenvalue weighted by molar-refractivity contribution is 5.25. The number of benzene rings is 1. The van der Waals surface area contributed by atoms with E-state index in [0.717, 1.165) is 19.5 Å². The van der Waals surface area contributed by atoms with Crippen molar-refractivity contribution in [2.75, 3.05) is 13.1 Å². The molecule has 0 amide bonds. The normalized spacial score (nSPS) is 15.4. The van der Waals surface area contributed by atoms with E-state index in [1.807, 2.05) is 18.2 Å². The van der Waals surface area contributed by atoms with Gasteiger partial charge in [-0.05, 0) is 18.9 Å². The molecular formula is C19H30N2. The second kappa shape index (κ2) is 8.81. The summed E-state index contributed by atoms with van der Waals surface area (Å²) in [5.74, 6) is 0. The Balaban J connectivity index is 3.08. The Bertz CT molecular complexity index is 412. The minimum Gasteiger partial charge on any atom is -0.320 e. The number of hydrogen-bond donors (Lipinski definition) is 1. The van der Waals surface area contributed by atoms with Gasteiger partial charge in [-0.3, -0.25) is 4.90 Å². The molecule has 0 radical (unpaired) electrons. The average Bonchev–Trinajstić information content (AvgIpc) is 2.49. The molecule has 0 aliphatic rings. The Morgan fingerprint density at radius 1 is 1.19 bits per heavy atom. The van der Waals surface area contributed by atoms with Crippen LogP contribution < -0.4 is 5.73 Å². The van der Waals surface area contributed by atoms with E-state index in [1.165, 1.54) is 18.4 Å². The molecule has 1 aromatic carbocycles. The molecule has 116 valence electrons. The zero-order valence-corrected chi connectivity index (χ0v) is 13.6. The third-order valence-corrected chi connectivity index (χ3v) is 4.09. The molecule has 2 nitrogen and oxygen atoms in total. The first-order valence-electron chi connectivity index (χ1n) is 7.88. The number of hydrogen-bond acceptors (Lipinski definition) is 2. The lowest BCUT2D eigenvalue weighted by Gasteiger charge is -2.42. The first-order valence-corrected chi connectivity index (χ1v) is 7.88. The van der Waals surface area contributed by atoms with Crippen molar-refractivity contribution in [1.82, 2.24) is 4.90 Å². The van der Waals surface area contributed by atoms with Crippen molar-refractivity contribution in [1.29, 1.82) is 0 Å². The Morgan fingerprint density at radius 3 is 2.24 bits per heavy atom. The second-order valence-corrected chi connectivity index (χ2v) is 5.84. The van der Waals surface area contributed by atoms with Crippen LogP contribution >= 0.6 is 0 Å². The molecule has 2 heteroatoms. The van der Waals surface area contributed by atoms with Gasteiger partial charge < -0.3 is 5.73 Å². The molecule has 1 rings (SSSR count). The van der Waals surface area contributed by atoms with E-state index in [-0.39, 0.29) is 11.6 Å². The number of nitrogens with zero attached hydrogens (tertiary/aromatic N) is 1. The van der Waals surface area contributed by atoms with Gasteiger partial charge in [0.25, 0.3) is 0 Å². The highest BCUT2D eigenvalue weighted by Crippen LogP contribution is 2.29. The molecule has 0 aliphatic heterocycles. The van der Waals surface area contributed by atoms with E-state index in [9.17, 15) is 0 Å². The van der Waals surface area contributed by atoms with E-state index >= 15 is 0 Å². The van der Waals surface area contributed by atoms with E-state index in [2.05, 4.69) is 56.2 Å². The van der Waals surface area contributed by atoms with Crippen molar-refractivity contribution < 1.29 is 0 Å². The predicted octanol–water partition coefficient (Wildman–Crippen LogP) is 4.09. The molecule has 0 aromatic heterocycles. The summed E-state index contributed by atoms with van der Waals surface area (Å²) in [5, 5.41) is 0. The zero-order chi connectivity index (χ0) is 15.7. The van der Waals surface area contributed by atoms with Gasteiger partial charge in [-0.25, -0.2) is 0 Å². The molecule has 2 N–H and O–H groups in total. The van der Waals surface area contributed by atoms with Crippen LogP contribution in [0.2, 0.25) is 0 Å². The summed E-state index contributed by atoms with van der Waals surface area (Å²) in [4.78, 5) is 2.38. The fourth-order valence-electron chi connectivity index (χ4n) is 2.91. The topological polar surface area (TPSA) is 29.3 Å². The van der Waals surface area contributed by atoms with Crippen LogP contribution in [-0.4, -0.2) is 24.0 Å². The van der Waals surface area contributed by atoms with Crippen LogP contribution in [0.1, 0.15) is 38.7 Å². The van der Waals surface area contributed by atoms with Gasteiger partial charge in [0.2, 0.25) is 0 Å². The largest absolute Gasteiger partial charge is 0.320 e. The summed E-state index contributed by atoms with van der Waals surface area (Å²) < 4.78 is 0. The van der Waals surface area contributed by atoms with E-state index in [4.69, 9.17) is 5.73 Å². The number of nitrogens with two attached hydrogens (primary N) is 1. The highest BCUT2D eigenvalue weighted by Gasteiger charge is 2.34. The number of rotatable bonds is 10. The second-order valence-electron chi connectivity index (χ2n) is 5.84. The van der Waals surface area contributed by atoms with Crippen LogP contribution in [0, 0.1) is 0 Å². The summed E-state index contributed by atoms with van der Waals surface area (Å²) in [6.45, 7) is 13.8. The highest BCUT2D eigenvalue weighted by atomic mass is 15.2. The molecule has 0 heterocycles. The average molecular weight is 286 g/mol. The summed E-state index contributed by atoms with van der Waals surface area (Å²) in [6, 6.07) is 10.7. The van der Waals surface area contributed by atoms with Crippen LogP contribution in [0.5, 0.6) is 0 Å². The SMILES string of the molecule is C=CCN(CC=C)C(CCCC)C(C)(N)c1ccccc1. The van der Waals surface area contributed by atoms with Crippen molar-refractivity contribution in [3.05, 3.63) is 61.2 Å². The third-order valence-electron chi connectivity index (χ3n) is 4.09. The van der Waals surface area contributed by atoms with E-state index < -0.39 is 0 Å². The summed E-state index contributed by atoms with van der Waals surface area (Å²) in [5.41, 5.74) is 7.57. The van der Waals surface area contributed by atoms with Gasteiger partial charge in [-0.1, -0.05) is 62.2 Å². The quantitative estimate of drug-likeness (QED) is 0.656. The molecule has 0 aliphatic carbocycles. The minimum absolute atomic E-state index is 0.274. The Kier molecular flexibility index (Phi) is 7.41. The maximum absolute atomic E-state index is 6.77. The molecule has 21 heavy (non-hydrogen) atoms. The van der Waals surface area contributed by atoms with E-state index in [1.54, 1.807) is 0 Å². The van der Waals surface area contributed by atoms with Crippen molar-refractivity contribution in [3.63, 3.8) is 0 Å². The first kappa shape index (κ1) is 17.7. The van der Waals surface area contributed by atoms with Gasteiger partial charge in [-0.15, -0.1) is 13.2 Å². The molecule has 2 atom stereocenters. The molecule has 0 fully saturated rings. The van der Waals surface area contributed by atoms with Gasteiger partial charge in [0.05, 0.1) is 5.54 Å². The van der Waals surface area contributed by atoms with Crippen LogP contribution in [0.3, 0.4) is 0 Å². The van der Waals surface area contributed by atoms with Gasteiger partial charge in [0, 0.05) is 19.1 Å². The Labute approximate surface area is 130 Å². The molecule has 2 unspecified atom stereocenters. The lowest BCUT2D eigenvalue weighted by molar-refractivity contribution is 0.142. The molecular weight excluding hydrogens is 256 g/mol. The Hall–Kier alpha value is -1.38. The van der Waals surface area contributed by atoms with Crippen LogP contribution in [0.15, 0.2) is 55.6 Å². The number of unbranched alkanes of at least 4 members (excludes halogenated alkanes) is 1. The molecule has 0 saturated heterocycles. The zero-order valence-electron chi connectivity index (χ0n) is 13.6. The molecule has 0 saturated carbocycles. The maximum Gasteiger partial charge on any atom is 0.0538 e. The van der Waals surface area contributed by atoms with Crippen molar-refractivity contribution in [3.8, 4) is 0 Å². The summed E-state index contributed by atoms with van der Waals surface area (Å²) >= 11 is 0. The van der Waals surface area contributed by atoms with Crippen molar-refractivity contribution >= 4 is 0 Å². The van der Waals surface area contributed by atoms with E-state index in [0.29, 0.717) is 0 Å². The van der Waals surface area contributed by atoms with Gasteiger partial charge in [-0.2, -0.15) is 0 Å². The summed E-state index contributed by atoms with van der Waals surface area (Å²) in [6.07, 6.45) is 7.33. The molecule has 0 bridgehead atoms. The van der Waals surface area contributed by atoms with Crippen molar-refractivity contribution in [2.24, 2.45) is 5.73 Å². The fraction of sp³-hybridized carbons (Fsp3) is 0.474. The maximum atomic E-state index is 6.77. The lowest BCUT2D eigenvalue weighted by atomic mass is 9.82. The van der Waals surface area contributed by atoms with Crippen LogP contribution in [-0.2, 0) is 5.54 Å². The molecule has 1 aromatic rings.